The predicted molar refractivity (Wildman–Crippen MR) is 152 cm³/mol. The number of hydrogen-bond acceptors (Lipinski definition) is 8. The molecular formula is C22H23Cl5F3N2O8P. The molecule has 41 heavy (non-hydrogen) atoms. The Bertz CT molecular complexity index is 1220. The molecule has 0 fully saturated rings. The minimum atomic E-state index is -4.58. The van der Waals surface area contributed by atoms with Crippen LogP contribution >= 0.6 is 62.1 Å². The lowest BCUT2D eigenvalue weighted by Crippen LogP contribution is -2.14. The fraction of sp³-hybridized carbons (Fsp3) is 0.273. The molecule has 0 aliphatic heterocycles. The maximum absolute atomic E-state index is 11.5. The number of benzene rings is 2. The van der Waals surface area contributed by atoms with Gasteiger partial charge in [-0.25, -0.2) is 9.59 Å². The second-order valence-electron chi connectivity index (χ2n) is 6.84. The topological polar surface area (TPSA) is 162 Å². The van der Waals surface area contributed by atoms with E-state index in [0.717, 1.165) is 0 Å². The van der Waals surface area contributed by atoms with Gasteiger partial charge in [-0.05, 0) is 58.0 Å². The molecule has 0 saturated carbocycles. The van der Waals surface area contributed by atoms with Crippen LogP contribution in [0.2, 0.25) is 10.0 Å². The number of hydrogen-bond donors (Lipinski definition) is 3. The fourth-order valence-corrected chi connectivity index (χ4v) is 2.72. The van der Waals surface area contributed by atoms with Gasteiger partial charge in [0, 0.05) is 12.1 Å². The SMILES string of the molecule is CCC(=O)Nc1cccc(Cl)c1C(=O)OC.COC(=O)c1c(N)cccc1Cl.O=C(O)CC(F)(F)F.O=P(Cl)(Cl)Cl. The molecule has 19 heteroatoms. The molecule has 10 nitrogen and oxygen atoms in total. The highest BCUT2D eigenvalue weighted by atomic mass is 36.0. The molecule has 2 aromatic rings. The summed E-state index contributed by atoms with van der Waals surface area (Å²) >= 11 is 25.4. The quantitative estimate of drug-likeness (QED) is 0.159. The lowest BCUT2D eigenvalue weighted by Gasteiger charge is -2.10. The number of carboxylic acids is 1. The first-order valence-corrected chi connectivity index (χ1v) is 15.6. The van der Waals surface area contributed by atoms with Crippen molar-refractivity contribution in [2.75, 3.05) is 25.3 Å². The average molecular weight is 709 g/mol. The first kappa shape index (κ1) is 40.7. The molecule has 0 aromatic heterocycles. The van der Waals surface area contributed by atoms with Crippen molar-refractivity contribution in [1.82, 2.24) is 0 Å². The second kappa shape index (κ2) is 19.7. The predicted octanol–water partition coefficient (Wildman–Crippen LogP) is 8.02. The number of rotatable bonds is 5. The number of carboxylic acid groups (broad SMARTS) is 1. The lowest BCUT2D eigenvalue weighted by atomic mass is 10.1. The van der Waals surface area contributed by atoms with Crippen molar-refractivity contribution in [3.05, 3.63) is 57.6 Å². The van der Waals surface area contributed by atoms with Gasteiger partial charge < -0.3 is 25.6 Å². The minimum absolute atomic E-state index is 0.175. The Labute approximate surface area is 256 Å². The number of amides is 1. The highest BCUT2D eigenvalue weighted by Gasteiger charge is 2.30. The first-order chi connectivity index (χ1) is 18.7. The largest absolute Gasteiger partial charge is 0.481 e. The summed E-state index contributed by atoms with van der Waals surface area (Å²) in [6, 6.07) is 9.67. The fourth-order valence-electron chi connectivity index (χ4n) is 2.21. The van der Waals surface area contributed by atoms with Gasteiger partial charge in [0.2, 0.25) is 5.91 Å². The van der Waals surface area contributed by atoms with Crippen molar-refractivity contribution < 1.29 is 51.5 Å². The van der Waals surface area contributed by atoms with E-state index in [1.807, 2.05) is 0 Å². The van der Waals surface area contributed by atoms with Crippen LogP contribution in [0.25, 0.3) is 0 Å². The number of ether oxygens (including phenoxy) is 2. The van der Waals surface area contributed by atoms with Crippen molar-refractivity contribution in [2.45, 2.75) is 25.9 Å². The van der Waals surface area contributed by atoms with Crippen molar-refractivity contribution >= 4 is 97.3 Å². The van der Waals surface area contributed by atoms with E-state index in [1.165, 1.54) is 14.2 Å². The van der Waals surface area contributed by atoms with Gasteiger partial charge in [0.15, 0.2) is 0 Å². The van der Waals surface area contributed by atoms with Crippen LogP contribution in [0, 0.1) is 0 Å². The monoisotopic (exact) mass is 706 g/mol. The Morgan fingerprint density at radius 1 is 0.927 bits per heavy atom. The number of esters is 2. The number of nitrogens with one attached hydrogen (secondary N) is 1. The van der Waals surface area contributed by atoms with Crippen LogP contribution < -0.4 is 11.1 Å². The Balaban J connectivity index is 0. The molecule has 0 heterocycles. The zero-order chi connectivity index (χ0) is 32.6. The van der Waals surface area contributed by atoms with Gasteiger partial charge in [-0.3, -0.25) is 14.2 Å². The first-order valence-electron chi connectivity index (χ1n) is 10.4. The van der Waals surface area contributed by atoms with Gasteiger partial charge in [-0.1, -0.05) is 42.3 Å². The second-order valence-corrected chi connectivity index (χ2v) is 14.3. The number of nitrogens with two attached hydrogens (primary N) is 1. The van der Waals surface area contributed by atoms with Crippen LogP contribution in [0.3, 0.4) is 0 Å². The number of nitrogen functional groups attached to an aromatic ring is 1. The summed E-state index contributed by atoms with van der Waals surface area (Å²) in [7, 11) is 2.54. The van der Waals surface area contributed by atoms with E-state index in [4.69, 9.17) is 34.0 Å². The maximum Gasteiger partial charge on any atom is 0.399 e. The Kier molecular flexibility index (Phi) is 19.5. The van der Waals surface area contributed by atoms with Gasteiger partial charge in [0.1, 0.15) is 17.5 Å². The van der Waals surface area contributed by atoms with Crippen LogP contribution in [-0.4, -0.2) is 49.3 Å². The number of anilines is 2. The summed E-state index contributed by atoms with van der Waals surface area (Å²) in [6.45, 7) is 1.72. The third kappa shape index (κ3) is 20.2. The Hall–Kier alpha value is -2.41. The molecule has 2 aromatic carbocycles. The summed E-state index contributed by atoms with van der Waals surface area (Å²) < 4.78 is 51.4. The molecule has 0 spiro atoms. The summed E-state index contributed by atoms with van der Waals surface area (Å²) in [5.74, 6) is -3.12. The summed E-state index contributed by atoms with van der Waals surface area (Å²) in [5.41, 5.74) is 6.61. The number of methoxy groups -OCH3 is 2. The van der Waals surface area contributed by atoms with E-state index >= 15 is 0 Å². The van der Waals surface area contributed by atoms with Gasteiger partial charge in [0.05, 0.1) is 30.0 Å². The van der Waals surface area contributed by atoms with Crippen molar-refractivity contribution in [3.8, 4) is 0 Å². The number of halogens is 8. The normalized spacial score (nSPS) is 10.2. The molecule has 230 valence electrons. The molecule has 0 saturated heterocycles. The molecule has 2 rings (SSSR count). The van der Waals surface area contributed by atoms with Crippen molar-refractivity contribution in [1.29, 1.82) is 0 Å². The standard InChI is InChI=1S/C11H12ClNO3.C8H8ClNO2.C3H3F3O2.Cl3OP/c1-3-9(14)13-8-6-4-5-7(12)10(8)11(15)16-2;1-12-8(11)7-5(9)3-2-4-6(7)10;4-3(5,6)1-2(7)8;1-5(2,3)4/h4-6H,3H2,1-2H3,(H,13,14);2-4H,10H2,1H3;1H2,(H,7,8);. The average Bonchev–Trinajstić information content (AvgIpc) is 2.81. The maximum atomic E-state index is 11.5. The van der Waals surface area contributed by atoms with E-state index in [9.17, 15) is 36.9 Å². The zero-order valence-electron chi connectivity index (χ0n) is 21.2. The van der Waals surface area contributed by atoms with Gasteiger partial charge >= 0.3 is 29.3 Å². The van der Waals surface area contributed by atoms with Crippen LogP contribution in [0.1, 0.15) is 40.5 Å². The summed E-state index contributed by atoms with van der Waals surface area (Å²) in [4.78, 5) is 43.1. The highest BCUT2D eigenvalue weighted by Crippen LogP contribution is 2.61. The molecule has 0 aliphatic carbocycles. The van der Waals surface area contributed by atoms with Gasteiger partial charge in [-0.2, -0.15) is 13.2 Å². The number of alkyl halides is 3. The minimum Gasteiger partial charge on any atom is -0.481 e. The molecule has 0 unspecified atom stereocenters. The Morgan fingerprint density at radius 2 is 1.34 bits per heavy atom. The molecule has 1 amide bonds. The third-order valence-corrected chi connectivity index (χ3v) is 4.42. The van der Waals surface area contributed by atoms with Gasteiger partial charge in [-0.15, -0.1) is 0 Å². The van der Waals surface area contributed by atoms with Crippen molar-refractivity contribution in [3.63, 3.8) is 0 Å². The summed E-state index contributed by atoms with van der Waals surface area (Å²) in [5, 5.41) is 7.46. The number of carbonyl (C=O) groups excluding carboxylic acids is 3. The molecule has 0 aliphatic rings. The molecule has 0 radical (unpaired) electrons. The van der Waals surface area contributed by atoms with E-state index in [1.54, 1.807) is 43.3 Å². The number of aliphatic carboxylic acids is 1. The Morgan fingerprint density at radius 3 is 1.68 bits per heavy atom. The smallest absolute Gasteiger partial charge is 0.399 e. The lowest BCUT2D eigenvalue weighted by molar-refractivity contribution is -0.166. The van der Waals surface area contributed by atoms with Crippen molar-refractivity contribution in [2.24, 2.45) is 0 Å². The van der Waals surface area contributed by atoms with Gasteiger partial charge in [0.25, 0.3) is 0 Å². The molecular weight excluding hydrogens is 685 g/mol. The molecule has 4 N–H and O–H groups in total. The molecule has 0 atom stereocenters. The highest BCUT2D eigenvalue weighted by molar-refractivity contribution is 8.24. The van der Waals surface area contributed by atoms with Crippen LogP contribution in [0.5, 0.6) is 0 Å². The van der Waals surface area contributed by atoms with E-state index < -0.39 is 35.7 Å². The number of carbonyl (C=O) groups is 4. The van der Waals surface area contributed by atoms with E-state index in [2.05, 4.69) is 48.5 Å². The van der Waals surface area contributed by atoms with Crippen LogP contribution in [0.4, 0.5) is 24.5 Å². The molecule has 0 bridgehead atoms. The van der Waals surface area contributed by atoms with Crippen LogP contribution in [-0.2, 0) is 23.6 Å². The van der Waals surface area contributed by atoms with Crippen LogP contribution in [0.15, 0.2) is 36.4 Å². The third-order valence-electron chi connectivity index (χ3n) is 3.79. The van der Waals surface area contributed by atoms with E-state index in [0.29, 0.717) is 22.8 Å². The van der Waals surface area contributed by atoms with E-state index in [-0.39, 0.29) is 22.1 Å². The zero-order valence-corrected chi connectivity index (χ0v) is 25.9. The summed E-state index contributed by atoms with van der Waals surface area (Å²) in [6.07, 6.45) is -6.01.